The number of rotatable bonds is 6. The number of carbonyl (C=O) groups is 1. The standard InChI is InChI=1S/C17H20N2O4/c1-12-4-6-13(7-5-12)23-11-18-17(20)19-15-9-8-14(21-2)10-16(15)22-3/h4-10H,11H2,1-3H3,(H2,18,19,20). The van der Waals surface area contributed by atoms with Gasteiger partial charge in [0.15, 0.2) is 6.73 Å². The molecule has 2 aromatic rings. The maximum Gasteiger partial charge on any atom is 0.321 e. The van der Waals surface area contributed by atoms with Crippen LogP contribution in [0.25, 0.3) is 0 Å². The summed E-state index contributed by atoms with van der Waals surface area (Å²) in [6.45, 7) is 2.06. The van der Waals surface area contributed by atoms with E-state index in [1.165, 1.54) is 7.11 Å². The van der Waals surface area contributed by atoms with Crippen molar-refractivity contribution in [2.24, 2.45) is 0 Å². The van der Waals surface area contributed by atoms with Crippen LogP contribution in [0.4, 0.5) is 10.5 Å². The second-order valence-electron chi connectivity index (χ2n) is 4.80. The fourth-order valence-corrected chi connectivity index (χ4v) is 1.89. The number of hydrogen-bond acceptors (Lipinski definition) is 4. The average Bonchev–Trinajstić information content (AvgIpc) is 2.57. The second kappa shape index (κ2) is 7.93. The van der Waals surface area contributed by atoms with Gasteiger partial charge in [-0.05, 0) is 31.2 Å². The Hall–Kier alpha value is -2.89. The predicted molar refractivity (Wildman–Crippen MR) is 88.4 cm³/mol. The third-order valence-electron chi connectivity index (χ3n) is 3.15. The van der Waals surface area contributed by atoms with Gasteiger partial charge in [0.1, 0.15) is 17.2 Å². The summed E-state index contributed by atoms with van der Waals surface area (Å²) >= 11 is 0. The fraction of sp³-hybridized carbons (Fsp3) is 0.235. The zero-order valence-corrected chi connectivity index (χ0v) is 13.4. The van der Waals surface area contributed by atoms with Crippen LogP contribution in [-0.4, -0.2) is 27.0 Å². The number of nitrogens with one attached hydrogen (secondary N) is 2. The number of carbonyl (C=O) groups excluding carboxylic acids is 1. The highest BCUT2D eigenvalue weighted by atomic mass is 16.5. The number of benzene rings is 2. The largest absolute Gasteiger partial charge is 0.497 e. The zero-order chi connectivity index (χ0) is 16.7. The Morgan fingerprint density at radius 2 is 1.70 bits per heavy atom. The van der Waals surface area contributed by atoms with Crippen molar-refractivity contribution in [1.82, 2.24) is 5.32 Å². The molecule has 0 fully saturated rings. The Morgan fingerprint density at radius 3 is 2.35 bits per heavy atom. The molecule has 0 unspecified atom stereocenters. The monoisotopic (exact) mass is 316 g/mol. The highest BCUT2D eigenvalue weighted by molar-refractivity contribution is 5.91. The van der Waals surface area contributed by atoms with Gasteiger partial charge in [0.05, 0.1) is 19.9 Å². The number of anilines is 1. The summed E-state index contributed by atoms with van der Waals surface area (Å²) in [6, 6.07) is 12.3. The number of urea groups is 1. The van der Waals surface area contributed by atoms with Gasteiger partial charge in [-0.2, -0.15) is 0 Å². The number of amides is 2. The summed E-state index contributed by atoms with van der Waals surface area (Å²) in [7, 11) is 3.09. The molecule has 0 heterocycles. The lowest BCUT2D eigenvalue weighted by Gasteiger charge is -2.13. The van der Waals surface area contributed by atoms with Crippen molar-refractivity contribution in [2.75, 3.05) is 26.3 Å². The van der Waals surface area contributed by atoms with E-state index in [0.29, 0.717) is 22.9 Å². The van der Waals surface area contributed by atoms with Gasteiger partial charge in [-0.25, -0.2) is 4.79 Å². The van der Waals surface area contributed by atoms with Crippen LogP contribution in [0, 0.1) is 6.92 Å². The molecule has 2 aromatic carbocycles. The lowest BCUT2D eigenvalue weighted by Crippen LogP contribution is -2.32. The van der Waals surface area contributed by atoms with Crippen molar-refractivity contribution in [3.63, 3.8) is 0 Å². The molecular weight excluding hydrogens is 296 g/mol. The molecule has 0 radical (unpaired) electrons. The van der Waals surface area contributed by atoms with Gasteiger partial charge in [-0.1, -0.05) is 17.7 Å². The fourth-order valence-electron chi connectivity index (χ4n) is 1.89. The van der Waals surface area contributed by atoms with Gasteiger partial charge in [-0.15, -0.1) is 0 Å². The molecule has 122 valence electrons. The Labute approximate surface area is 135 Å². The van der Waals surface area contributed by atoms with E-state index in [2.05, 4.69) is 10.6 Å². The van der Waals surface area contributed by atoms with E-state index in [4.69, 9.17) is 14.2 Å². The predicted octanol–water partition coefficient (Wildman–Crippen LogP) is 3.17. The van der Waals surface area contributed by atoms with E-state index in [0.717, 1.165) is 5.56 Å². The lowest BCUT2D eigenvalue weighted by molar-refractivity contribution is 0.234. The van der Waals surface area contributed by atoms with Crippen LogP contribution in [0.2, 0.25) is 0 Å². The summed E-state index contributed by atoms with van der Waals surface area (Å²) in [5.41, 5.74) is 1.69. The Balaban J connectivity index is 1.86. The minimum Gasteiger partial charge on any atom is -0.497 e. The second-order valence-corrected chi connectivity index (χ2v) is 4.80. The van der Waals surface area contributed by atoms with E-state index in [-0.39, 0.29) is 12.8 Å². The molecule has 2 amide bonds. The molecule has 2 rings (SSSR count). The third-order valence-corrected chi connectivity index (χ3v) is 3.15. The van der Waals surface area contributed by atoms with Gasteiger partial charge in [0, 0.05) is 6.07 Å². The number of methoxy groups -OCH3 is 2. The number of aryl methyl sites for hydroxylation is 1. The van der Waals surface area contributed by atoms with Crippen molar-refractivity contribution in [3.8, 4) is 17.2 Å². The van der Waals surface area contributed by atoms with Crippen LogP contribution >= 0.6 is 0 Å². The molecule has 0 aliphatic rings. The van der Waals surface area contributed by atoms with Gasteiger partial charge in [0.25, 0.3) is 0 Å². The number of hydrogen-bond donors (Lipinski definition) is 2. The molecule has 0 aromatic heterocycles. The molecule has 0 aliphatic heterocycles. The van der Waals surface area contributed by atoms with Crippen molar-refractivity contribution < 1.29 is 19.0 Å². The number of ether oxygens (including phenoxy) is 3. The molecule has 0 saturated carbocycles. The molecule has 0 saturated heterocycles. The normalized spacial score (nSPS) is 9.87. The summed E-state index contributed by atoms with van der Waals surface area (Å²) in [5, 5.41) is 5.31. The highest BCUT2D eigenvalue weighted by Crippen LogP contribution is 2.28. The van der Waals surface area contributed by atoms with Crippen LogP contribution < -0.4 is 24.8 Å². The van der Waals surface area contributed by atoms with Crippen molar-refractivity contribution in [2.45, 2.75) is 6.92 Å². The first-order valence-electron chi connectivity index (χ1n) is 7.08. The molecule has 0 aliphatic carbocycles. The average molecular weight is 316 g/mol. The van der Waals surface area contributed by atoms with Gasteiger partial charge in [0.2, 0.25) is 0 Å². The van der Waals surface area contributed by atoms with Gasteiger partial charge in [-0.3, -0.25) is 0 Å². The third kappa shape index (κ3) is 4.81. The van der Waals surface area contributed by atoms with Crippen molar-refractivity contribution in [3.05, 3.63) is 48.0 Å². The molecule has 2 N–H and O–H groups in total. The highest BCUT2D eigenvalue weighted by Gasteiger charge is 2.08. The Kier molecular flexibility index (Phi) is 5.68. The van der Waals surface area contributed by atoms with E-state index in [1.54, 1.807) is 25.3 Å². The van der Waals surface area contributed by atoms with Crippen LogP contribution in [-0.2, 0) is 0 Å². The van der Waals surface area contributed by atoms with Crippen LogP contribution in [0.3, 0.4) is 0 Å². The summed E-state index contributed by atoms with van der Waals surface area (Å²) < 4.78 is 15.8. The minimum absolute atomic E-state index is 0.0629. The van der Waals surface area contributed by atoms with Crippen LogP contribution in [0.1, 0.15) is 5.56 Å². The maximum absolute atomic E-state index is 11.9. The van der Waals surface area contributed by atoms with Crippen LogP contribution in [0.15, 0.2) is 42.5 Å². The first-order valence-corrected chi connectivity index (χ1v) is 7.08. The van der Waals surface area contributed by atoms with Gasteiger partial charge >= 0.3 is 6.03 Å². The van der Waals surface area contributed by atoms with Crippen molar-refractivity contribution in [1.29, 1.82) is 0 Å². The molecule has 0 bridgehead atoms. The first kappa shape index (κ1) is 16.5. The zero-order valence-electron chi connectivity index (χ0n) is 13.4. The van der Waals surface area contributed by atoms with Crippen molar-refractivity contribution >= 4 is 11.7 Å². The molecule has 0 spiro atoms. The summed E-state index contributed by atoms with van der Waals surface area (Å²) in [4.78, 5) is 11.9. The quantitative estimate of drug-likeness (QED) is 0.803. The molecule has 23 heavy (non-hydrogen) atoms. The maximum atomic E-state index is 11.9. The summed E-state index contributed by atoms with van der Waals surface area (Å²) in [5.74, 6) is 1.85. The Bertz CT molecular complexity index is 656. The Morgan fingerprint density at radius 1 is 1.00 bits per heavy atom. The minimum atomic E-state index is -0.388. The molecular formula is C17H20N2O4. The van der Waals surface area contributed by atoms with E-state index < -0.39 is 0 Å². The lowest BCUT2D eigenvalue weighted by atomic mass is 10.2. The van der Waals surface area contributed by atoms with Crippen LogP contribution in [0.5, 0.6) is 17.2 Å². The summed E-state index contributed by atoms with van der Waals surface area (Å²) in [6.07, 6.45) is 0. The first-order chi connectivity index (χ1) is 11.1. The van der Waals surface area contributed by atoms with E-state index in [9.17, 15) is 4.79 Å². The van der Waals surface area contributed by atoms with E-state index in [1.807, 2.05) is 31.2 Å². The van der Waals surface area contributed by atoms with Gasteiger partial charge < -0.3 is 24.8 Å². The smallest absolute Gasteiger partial charge is 0.321 e. The molecule has 0 atom stereocenters. The SMILES string of the molecule is COc1ccc(NC(=O)NCOc2ccc(C)cc2)c(OC)c1. The molecule has 6 nitrogen and oxygen atoms in total. The molecule has 6 heteroatoms. The van der Waals surface area contributed by atoms with E-state index >= 15 is 0 Å². The topological polar surface area (TPSA) is 68.8 Å².